The van der Waals surface area contributed by atoms with Gasteiger partial charge in [0.25, 0.3) is 0 Å². The molecule has 0 aromatic heterocycles. The van der Waals surface area contributed by atoms with Crippen molar-refractivity contribution in [3.8, 4) is 0 Å². The zero-order chi connectivity index (χ0) is 17.1. The van der Waals surface area contributed by atoms with Crippen molar-refractivity contribution in [3.05, 3.63) is 29.8 Å². The van der Waals surface area contributed by atoms with Gasteiger partial charge >= 0.3 is 0 Å². The summed E-state index contributed by atoms with van der Waals surface area (Å²) < 4.78 is 31.3. The Kier molecular flexibility index (Phi) is 8.83. The molecule has 1 aromatic rings. The highest BCUT2D eigenvalue weighted by atomic mass is 32.2. The van der Waals surface area contributed by atoms with Crippen molar-refractivity contribution in [1.82, 2.24) is 10.0 Å². The summed E-state index contributed by atoms with van der Waals surface area (Å²) in [6, 6.07) is 6.61. The van der Waals surface area contributed by atoms with Crippen molar-refractivity contribution in [2.75, 3.05) is 26.3 Å². The second-order valence-electron chi connectivity index (χ2n) is 5.05. The van der Waals surface area contributed by atoms with Gasteiger partial charge in [0.2, 0.25) is 15.9 Å². The SMILES string of the molecule is CCNS(=O)(=O)c1ccc(CCC(=O)NCCCOCC)cc1. The monoisotopic (exact) mass is 342 g/mol. The van der Waals surface area contributed by atoms with Crippen molar-refractivity contribution in [3.63, 3.8) is 0 Å². The molecule has 0 bridgehead atoms. The Morgan fingerprint density at radius 3 is 2.48 bits per heavy atom. The van der Waals surface area contributed by atoms with E-state index in [4.69, 9.17) is 4.74 Å². The molecule has 1 amide bonds. The summed E-state index contributed by atoms with van der Waals surface area (Å²) in [4.78, 5) is 11.9. The number of nitrogens with one attached hydrogen (secondary N) is 2. The molecule has 2 N–H and O–H groups in total. The molecule has 23 heavy (non-hydrogen) atoms. The third-order valence-corrected chi connectivity index (χ3v) is 4.76. The molecular formula is C16H26N2O4S. The molecule has 7 heteroatoms. The fourth-order valence-electron chi connectivity index (χ4n) is 2.00. The number of rotatable bonds is 11. The van der Waals surface area contributed by atoms with Crippen molar-refractivity contribution in [2.45, 2.75) is 38.0 Å². The summed E-state index contributed by atoms with van der Waals surface area (Å²) in [5.74, 6) is -0.00848. The van der Waals surface area contributed by atoms with Gasteiger partial charge in [-0.15, -0.1) is 0 Å². The maximum Gasteiger partial charge on any atom is 0.240 e. The van der Waals surface area contributed by atoms with Crippen molar-refractivity contribution >= 4 is 15.9 Å². The molecule has 0 aliphatic rings. The molecule has 1 rings (SSSR count). The number of carbonyl (C=O) groups is 1. The lowest BCUT2D eigenvalue weighted by atomic mass is 10.1. The minimum absolute atomic E-state index is 0.00848. The van der Waals surface area contributed by atoms with Crippen LogP contribution in [0.3, 0.4) is 0 Å². The number of amides is 1. The first-order chi connectivity index (χ1) is 11.0. The molecule has 0 saturated carbocycles. The standard InChI is InChI=1S/C16H26N2O4S/c1-3-18-23(20,21)15-9-6-14(7-10-15)8-11-16(19)17-12-5-13-22-4-2/h6-7,9-10,18H,3-5,8,11-13H2,1-2H3,(H,17,19). The Bertz CT molecular complexity index is 570. The second-order valence-corrected chi connectivity index (χ2v) is 6.81. The average molecular weight is 342 g/mol. The van der Waals surface area contributed by atoms with Crippen molar-refractivity contribution < 1.29 is 17.9 Å². The van der Waals surface area contributed by atoms with Crippen LogP contribution in [0.15, 0.2) is 29.2 Å². The minimum atomic E-state index is -3.42. The maximum absolute atomic E-state index is 11.8. The van der Waals surface area contributed by atoms with Crippen LogP contribution in [-0.4, -0.2) is 40.6 Å². The fraction of sp³-hybridized carbons (Fsp3) is 0.562. The number of sulfonamides is 1. The van der Waals surface area contributed by atoms with Crippen LogP contribution in [0.5, 0.6) is 0 Å². The molecule has 0 aliphatic heterocycles. The van der Waals surface area contributed by atoms with Gasteiger partial charge in [0.1, 0.15) is 0 Å². The number of hydrogen-bond acceptors (Lipinski definition) is 4. The molecule has 0 unspecified atom stereocenters. The van der Waals surface area contributed by atoms with Crippen LogP contribution < -0.4 is 10.0 Å². The number of aryl methyl sites for hydroxylation is 1. The molecule has 0 fully saturated rings. The summed E-state index contributed by atoms with van der Waals surface area (Å²) >= 11 is 0. The lowest BCUT2D eigenvalue weighted by Gasteiger charge is -2.07. The van der Waals surface area contributed by atoms with Crippen LogP contribution >= 0.6 is 0 Å². The van der Waals surface area contributed by atoms with Gasteiger partial charge < -0.3 is 10.1 Å². The van der Waals surface area contributed by atoms with E-state index in [9.17, 15) is 13.2 Å². The van der Waals surface area contributed by atoms with Gasteiger partial charge in [-0.1, -0.05) is 19.1 Å². The summed E-state index contributed by atoms with van der Waals surface area (Å²) in [5.41, 5.74) is 0.935. The quantitative estimate of drug-likeness (QED) is 0.596. The van der Waals surface area contributed by atoms with E-state index in [1.165, 1.54) is 0 Å². The third-order valence-electron chi connectivity index (χ3n) is 3.20. The molecular weight excluding hydrogens is 316 g/mol. The molecule has 0 spiro atoms. The summed E-state index contributed by atoms with van der Waals surface area (Å²) in [6.45, 7) is 5.98. The van der Waals surface area contributed by atoms with Crippen molar-refractivity contribution in [2.24, 2.45) is 0 Å². The smallest absolute Gasteiger partial charge is 0.240 e. The van der Waals surface area contributed by atoms with E-state index < -0.39 is 10.0 Å². The van der Waals surface area contributed by atoms with Crippen LogP contribution in [0.25, 0.3) is 0 Å². The van der Waals surface area contributed by atoms with Crippen LogP contribution in [-0.2, 0) is 26.0 Å². The lowest BCUT2D eigenvalue weighted by molar-refractivity contribution is -0.121. The Morgan fingerprint density at radius 2 is 1.87 bits per heavy atom. The Morgan fingerprint density at radius 1 is 1.17 bits per heavy atom. The maximum atomic E-state index is 11.8. The molecule has 1 aromatic carbocycles. The molecule has 0 heterocycles. The van der Waals surface area contributed by atoms with Crippen LogP contribution in [0, 0.1) is 0 Å². The lowest BCUT2D eigenvalue weighted by Crippen LogP contribution is -2.25. The fourth-order valence-corrected chi connectivity index (χ4v) is 3.04. The van der Waals surface area contributed by atoms with Gasteiger partial charge in [0, 0.05) is 32.7 Å². The van der Waals surface area contributed by atoms with Crippen LogP contribution in [0.2, 0.25) is 0 Å². The Labute approximate surface area is 138 Å². The molecule has 130 valence electrons. The zero-order valence-electron chi connectivity index (χ0n) is 13.8. The zero-order valence-corrected chi connectivity index (χ0v) is 14.6. The van der Waals surface area contributed by atoms with Gasteiger partial charge in [0.05, 0.1) is 4.90 Å². The largest absolute Gasteiger partial charge is 0.382 e. The summed E-state index contributed by atoms with van der Waals surface area (Å²) in [6.07, 6.45) is 1.77. The van der Waals surface area contributed by atoms with E-state index in [1.807, 2.05) is 6.92 Å². The van der Waals surface area contributed by atoms with Crippen LogP contribution in [0.1, 0.15) is 32.3 Å². The van der Waals surface area contributed by atoms with E-state index in [-0.39, 0.29) is 10.8 Å². The van der Waals surface area contributed by atoms with Gasteiger partial charge in [-0.2, -0.15) is 0 Å². The number of hydrogen-bond donors (Lipinski definition) is 2. The summed E-state index contributed by atoms with van der Waals surface area (Å²) in [7, 11) is -3.42. The summed E-state index contributed by atoms with van der Waals surface area (Å²) in [5, 5.41) is 2.84. The second kappa shape index (κ2) is 10.4. The Hall–Kier alpha value is -1.44. The highest BCUT2D eigenvalue weighted by Crippen LogP contribution is 2.11. The van der Waals surface area contributed by atoms with E-state index >= 15 is 0 Å². The molecule has 0 atom stereocenters. The van der Waals surface area contributed by atoms with Gasteiger partial charge in [-0.05, 0) is 37.5 Å². The van der Waals surface area contributed by atoms with E-state index in [0.717, 1.165) is 12.0 Å². The van der Waals surface area contributed by atoms with Crippen molar-refractivity contribution in [1.29, 1.82) is 0 Å². The highest BCUT2D eigenvalue weighted by molar-refractivity contribution is 7.89. The third kappa shape index (κ3) is 7.58. The number of carbonyl (C=O) groups excluding carboxylic acids is 1. The van der Waals surface area contributed by atoms with Gasteiger partial charge in [0.15, 0.2) is 0 Å². The van der Waals surface area contributed by atoms with E-state index in [2.05, 4.69) is 10.0 Å². The first-order valence-electron chi connectivity index (χ1n) is 7.92. The van der Waals surface area contributed by atoms with Crippen LogP contribution in [0.4, 0.5) is 0 Å². The molecule has 0 aliphatic carbocycles. The first kappa shape index (κ1) is 19.6. The normalized spacial score (nSPS) is 11.4. The predicted molar refractivity (Wildman–Crippen MR) is 89.7 cm³/mol. The predicted octanol–water partition coefficient (Wildman–Crippen LogP) is 1.46. The highest BCUT2D eigenvalue weighted by Gasteiger charge is 2.12. The Balaban J connectivity index is 2.37. The van der Waals surface area contributed by atoms with E-state index in [1.54, 1.807) is 31.2 Å². The molecule has 0 saturated heterocycles. The van der Waals surface area contributed by atoms with Gasteiger partial charge in [-0.25, -0.2) is 13.1 Å². The topological polar surface area (TPSA) is 84.5 Å². The average Bonchev–Trinajstić information content (AvgIpc) is 2.53. The molecule has 0 radical (unpaired) electrons. The molecule has 6 nitrogen and oxygen atoms in total. The number of ether oxygens (including phenoxy) is 1. The number of benzene rings is 1. The van der Waals surface area contributed by atoms with E-state index in [0.29, 0.717) is 39.1 Å². The van der Waals surface area contributed by atoms with Gasteiger partial charge in [-0.3, -0.25) is 4.79 Å². The first-order valence-corrected chi connectivity index (χ1v) is 9.41. The minimum Gasteiger partial charge on any atom is -0.382 e.